The van der Waals surface area contributed by atoms with Crippen LogP contribution in [0.15, 0.2) is 18.2 Å². The average Bonchev–Trinajstić information content (AvgIpc) is 2.17. The molecule has 0 spiro atoms. The van der Waals surface area contributed by atoms with Crippen LogP contribution in [0.4, 0.5) is 0 Å². The van der Waals surface area contributed by atoms with Crippen LogP contribution in [0.1, 0.15) is 32.4 Å². The molecular formula is C12H17Cl2NO. The number of aliphatic hydroxyl groups is 1. The summed E-state index contributed by atoms with van der Waals surface area (Å²) in [5.74, 6) is 0. The lowest BCUT2D eigenvalue weighted by Gasteiger charge is -2.22. The number of rotatable bonds is 4. The van der Waals surface area contributed by atoms with Crippen LogP contribution in [-0.4, -0.2) is 17.3 Å². The number of hydrogen-bond acceptors (Lipinski definition) is 2. The van der Waals surface area contributed by atoms with E-state index < -0.39 is 5.60 Å². The molecule has 1 atom stereocenters. The van der Waals surface area contributed by atoms with E-state index in [1.54, 1.807) is 19.9 Å². The first-order chi connectivity index (χ1) is 7.31. The van der Waals surface area contributed by atoms with Crippen molar-refractivity contribution in [2.45, 2.75) is 32.4 Å². The predicted molar refractivity (Wildman–Crippen MR) is 69.2 cm³/mol. The Hall–Kier alpha value is -0.280. The fourth-order valence-corrected chi connectivity index (χ4v) is 1.84. The summed E-state index contributed by atoms with van der Waals surface area (Å²) in [6.07, 6.45) is 0. The third-order valence-corrected chi connectivity index (χ3v) is 3.12. The molecule has 0 radical (unpaired) electrons. The Bertz CT molecular complexity index is 361. The molecule has 0 fully saturated rings. The van der Waals surface area contributed by atoms with Gasteiger partial charge in [0.2, 0.25) is 0 Å². The van der Waals surface area contributed by atoms with Gasteiger partial charge >= 0.3 is 0 Å². The van der Waals surface area contributed by atoms with Crippen molar-refractivity contribution in [2.75, 3.05) is 6.54 Å². The molecule has 16 heavy (non-hydrogen) atoms. The Morgan fingerprint density at radius 3 is 2.56 bits per heavy atom. The van der Waals surface area contributed by atoms with Crippen LogP contribution in [0.3, 0.4) is 0 Å². The molecule has 0 saturated heterocycles. The highest BCUT2D eigenvalue weighted by molar-refractivity contribution is 6.42. The molecule has 1 unspecified atom stereocenters. The van der Waals surface area contributed by atoms with Gasteiger partial charge in [0.25, 0.3) is 0 Å². The summed E-state index contributed by atoms with van der Waals surface area (Å²) in [4.78, 5) is 0. The van der Waals surface area contributed by atoms with Gasteiger partial charge in [-0.25, -0.2) is 0 Å². The van der Waals surface area contributed by atoms with E-state index in [-0.39, 0.29) is 6.04 Å². The van der Waals surface area contributed by atoms with Crippen LogP contribution in [0.25, 0.3) is 0 Å². The zero-order valence-electron chi connectivity index (χ0n) is 9.72. The summed E-state index contributed by atoms with van der Waals surface area (Å²) in [7, 11) is 0. The first-order valence-electron chi connectivity index (χ1n) is 5.21. The van der Waals surface area contributed by atoms with E-state index in [9.17, 15) is 5.11 Å². The SMILES string of the molecule is CC(NCC(C)(C)O)c1cccc(Cl)c1Cl. The van der Waals surface area contributed by atoms with E-state index in [1.165, 1.54) is 0 Å². The maximum Gasteiger partial charge on any atom is 0.0715 e. The molecule has 0 amide bonds. The van der Waals surface area contributed by atoms with Crippen LogP contribution in [0.2, 0.25) is 10.0 Å². The zero-order valence-corrected chi connectivity index (χ0v) is 11.2. The molecule has 1 aromatic carbocycles. The van der Waals surface area contributed by atoms with Crippen molar-refractivity contribution in [1.82, 2.24) is 5.32 Å². The molecule has 2 N–H and O–H groups in total. The van der Waals surface area contributed by atoms with Gasteiger partial charge in [-0.2, -0.15) is 0 Å². The molecule has 0 aromatic heterocycles. The van der Waals surface area contributed by atoms with E-state index in [4.69, 9.17) is 23.2 Å². The van der Waals surface area contributed by atoms with Gasteiger partial charge in [0.05, 0.1) is 15.6 Å². The van der Waals surface area contributed by atoms with Gasteiger partial charge in [-0.15, -0.1) is 0 Å². The van der Waals surface area contributed by atoms with E-state index >= 15 is 0 Å². The minimum atomic E-state index is -0.737. The molecule has 0 aliphatic carbocycles. The highest BCUT2D eigenvalue weighted by atomic mass is 35.5. The second-order valence-corrected chi connectivity index (χ2v) is 5.34. The van der Waals surface area contributed by atoms with Crippen LogP contribution in [-0.2, 0) is 0 Å². The summed E-state index contributed by atoms with van der Waals surface area (Å²) in [5, 5.41) is 14.0. The van der Waals surface area contributed by atoms with Crippen molar-refractivity contribution < 1.29 is 5.11 Å². The van der Waals surface area contributed by atoms with Crippen molar-refractivity contribution in [2.24, 2.45) is 0 Å². The second kappa shape index (κ2) is 5.37. The molecule has 2 nitrogen and oxygen atoms in total. The molecule has 0 heterocycles. The summed E-state index contributed by atoms with van der Waals surface area (Å²) >= 11 is 12.0. The van der Waals surface area contributed by atoms with Crippen molar-refractivity contribution in [3.8, 4) is 0 Å². The first kappa shape index (κ1) is 13.8. The maximum absolute atomic E-state index is 9.62. The van der Waals surface area contributed by atoms with E-state index in [0.717, 1.165) is 5.56 Å². The van der Waals surface area contributed by atoms with Crippen molar-refractivity contribution in [3.63, 3.8) is 0 Å². The smallest absolute Gasteiger partial charge is 0.0715 e. The van der Waals surface area contributed by atoms with E-state index in [0.29, 0.717) is 16.6 Å². The Balaban J connectivity index is 2.73. The van der Waals surface area contributed by atoms with Crippen molar-refractivity contribution >= 4 is 23.2 Å². The van der Waals surface area contributed by atoms with Gasteiger partial charge in [0, 0.05) is 12.6 Å². The topological polar surface area (TPSA) is 32.3 Å². The lowest BCUT2D eigenvalue weighted by Crippen LogP contribution is -2.36. The Morgan fingerprint density at radius 2 is 2.00 bits per heavy atom. The zero-order chi connectivity index (χ0) is 12.3. The Labute approximate surface area is 107 Å². The first-order valence-corrected chi connectivity index (χ1v) is 5.96. The highest BCUT2D eigenvalue weighted by Crippen LogP contribution is 2.29. The molecule has 1 aromatic rings. The van der Waals surface area contributed by atoms with Gasteiger partial charge in [-0.3, -0.25) is 0 Å². The lowest BCUT2D eigenvalue weighted by atomic mass is 10.1. The van der Waals surface area contributed by atoms with Gasteiger partial charge in [-0.05, 0) is 32.4 Å². The number of nitrogens with one attached hydrogen (secondary N) is 1. The third-order valence-electron chi connectivity index (χ3n) is 2.29. The second-order valence-electron chi connectivity index (χ2n) is 4.56. The van der Waals surface area contributed by atoms with Gasteiger partial charge < -0.3 is 10.4 Å². The molecule has 0 saturated carbocycles. The molecule has 90 valence electrons. The van der Waals surface area contributed by atoms with Gasteiger partial charge in [0.15, 0.2) is 0 Å². The summed E-state index contributed by atoms with van der Waals surface area (Å²) in [6, 6.07) is 5.61. The summed E-state index contributed by atoms with van der Waals surface area (Å²) in [5.41, 5.74) is 0.206. The van der Waals surface area contributed by atoms with Crippen LogP contribution < -0.4 is 5.32 Å². The number of benzene rings is 1. The standard InChI is InChI=1S/C12H17Cl2NO/c1-8(15-7-12(2,3)16)9-5-4-6-10(13)11(9)14/h4-6,8,15-16H,7H2,1-3H3. The molecule has 0 aliphatic heterocycles. The van der Waals surface area contributed by atoms with E-state index in [1.807, 2.05) is 19.1 Å². The normalized spacial score (nSPS) is 13.9. The molecule has 4 heteroatoms. The quantitative estimate of drug-likeness (QED) is 0.871. The van der Waals surface area contributed by atoms with Gasteiger partial charge in [0.1, 0.15) is 0 Å². The monoisotopic (exact) mass is 261 g/mol. The minimum Gasteiger partial charge on any atom is -0.389 e. The Kier molecular flexibility index (Phi) is 4.62. The molecule has 1 rings (SSSR count). The molecule has 0 bridgehead atoms. The Morgan fingerprint density at radius 1 is 1.38 bits per heavy atom. The maximum atomic E-state index is 9.62. The highest BCUT2D eigenvalue weighted by Gasteiger charge is 2.16. The van der Waals surface area contributed by atoms with Crippen LogP contribution in [0, 0.1) is 0 Å². The average molecular weight is 262 g/mol. The molecular weight excluding hydrogens is 245 g/mol. The summed E-state index contributed by atoms with van der Waals surface area (Å²) < 4.78 is 0. The third kappa shape index (κ3) is 3.95. The van der Waals surface area contributed by atoms with Crippen LogP contribution >= 0.6 is 23.2 Å². The van der Waals surface area contributed by atoms with Crippen molar-refractivity contribution in [1.29, 1.82) is 0 Å². The van der Waals surface area contributed by atoms with Gasteiger partial charge in [-0.1, -0.05) is 35.3 Å². The fourth-order valence-electron chi connectivity index (χ4n) is 1.37. The minimum absolute atomic E-state index is 0.0534. The van der Waals surface area contributed by atoms with Crippen LogP contribution in [0.5, 0.6) is 0 Å². The largest absolute Gasteiger partial charge is 0.389 e. The number of hydrogen-bond donors (Lipinski definition) is 2. The predicted octanol–water partition coefficient (Wildman–Crippen LogP) is 3.41. The fraction of sp³-hybridized carbons (Fsp3) is 0.500. The molecule has 0 aliphatic rings. The lowest BCUT2D eigenvalue weighted by molar-refractivity contribution is 0.0770. The summed E-state index contributed by atoms with van der Waals surface area (Å²) in [6.45, 7) is 6.00. The van der Waals surface area contributed by atoms with Crippen molar-refractivity contribution in [3.05, 3.63) is 33.8 Å². The number of halogens is 2. The van der Waals surface area contributed by atoms with E-state index in [2.05, 4.69) is 5.32 Å².